The van der Waals surface area contributed by atoms with E-state index >= 15 is 0 Å². The molecule has 0 aliphatic carbocycles. The normalized spacial score (nSPS) is 10.6. The minimum absolute atomic E-state index is 0.128. The Balaban J connectivity index is 2.47. The van der Waals surface area contributed by atoms with E-state index in [0.717, 1.165) is 13.0 Å². The molecule has 6 heteroatoms. The Morgan fingerprint density at radius 2 is 2.18 bits per heavy atom. The van der Waals surface area contributed by atoms with Crippen LogP contribution in [0.25, 0.3) is 0 Å². The summed E-state index contributed by atoms with van der Waals surface area (Å²) in [6.45, 7) is 3.34. The predicted molar refractivity (Wildman–Crippen MR) is 66.7 cm³/mol. The zero-order chi connectivity index (χ0) is 12.8. The van der Waals surface area contributed by atoms with E-state index in [2.05, 4.69) is 20.2 Å². The van der Waals surface area contributed by atoms with Crippen molar-refractivity contribution in [1.29, 1.82) is 0 Å². The lowest BCUT2D eigenvalue weighted by atomic mass is 10.3. The van der Waals surface area contributed by atoms with Crippen LogP contribution in [0.2, 0.25) is 0 Å². The number of hydrogen-bond donors (Lipinski definition) is 2. The van der Waals surface area contributed by atoms with Gasteiger partial charge in [0.2, 0.25) is 5.95 Å². The third-order valence-corrected chi connectivity index (χ3v) is 2.17. The van der Waals surface area contributed by atoms with Crippen LogP contribution < -0.4 is 11.1 Å². The van der Waals surface area contributed by atoms with E-state index in [1.54, 1.807) is 13.0 Å². The summed E-state index contributed by atoms with van der Waals surface area (Å²) in [5.74, 6) is -0.0793. The van der Waals surface area contributed by atoms with Crippen LogP contribution in [-0.4, -0.2) is 48.0 Å². The zero-order valence-corrected chi connectivity index (χ0v) is 10.5. The lowest BCUT2D eigenvalue weighted by Gasteiger charge is -2.09. The minimum Gasteiger partial charge on any atom is -0.368 e. The molecule has 1 aromatic rings. The molecule has 1 aromatic heterocycles. The lowest BCUT2D eigenvalue weighted by Crippen LogP contribution is -2.28. The summed E-state index contributed by atoms with van der Waals surface area (Å²) >= 11 is 0. The van der Waals surface area contributed by atoms with Gasteiger partial charge in [0.15, 0.2) is 0 Å². The summed E-state index contributed by atoms with van der Waals surface area (Å²) in [6, 6.07) is 1.62. The van der Waals surface area contributed by atoms with Crippen LogP contribution in [0.5, 0.6) is 0 Å². The predicted octanol–water partition coefficient (Wildman–Crippen LogP) is 0.0487. The molecule has 94 valence electrons. The summed E-state index contributed by atoms with van der Waals surface area (Å²) in [4.78, 5) is 21.6. The van der Waals surface area contributed by atoms with Crippen molar-refractivity contribution in [1.82, 2.24) is 20.2 Å². The summed E-state index contributed by atoms with van der Waals surface area (Å²) in [7, 11) is 3.99. The average molecular weight is 237 g/mol. The molecule has 1 heterocycles. The number of nitrogens with two attached hydrogens (primary N) is 1. The molecule has 3 N–H and O–H groups in total. The molecule has 0 radical (unpaired) electrons. The van der Waals surface area contributed by atoms with E-state index in [9.17, 15) is 4.79 Å². The second kappa shape index (κ2) is 6.15. The van der Waals surface area contributed by atoms with Crippen LogP contribution in [0.1, 0.15) is 22.6 Å². The van der Waals surface area contributed by atoms with Crippen molar-refractivity contribution >= 4 is 11.9 Å². The number of anilines is 1. The highest BCUT2D eigenvalue weighted by Gasteiger charge is 2.08. The van der Waals surface area contributed by atoms with Gasteiger partial charge in [-0.3, -0.25) is 4.79 Å². The fraction of sp³-hybridized carbons (Fsp3) is 0.545. The van der Waals surface area contributed by atoms with E-state index in [0.29, 0.717) is 17.9 Å². The highest BCUT2D eigenvalue weighted by molar-refractivity contribution is 5.92. The molecule has 0 aliphatic rings. The van der Waals surface area contributed by atoms with Crippen molar-refractivity contribution < 1.29 is 4.79 Å². The van der Waals surface area contributed by atoms with Gasteiger partial charge in [0.1, 0.15) is 5.69 Å². The van der Waals surface area contributed by atoms with E-state index in [1.807, 2.05) is 14.1 Å². The fourth-order valence-electron chi connectivity index (χ4n) is 1.40. The monoisotopic (exact) mass is 237 g/mol. The van der Waals surface area contributed by atoms with Crippen LogP contribution in [0, 0.1) is 6.92 Å². The maximum absolute atomic E-state index is 11.7. The number of amides is 1. The number of nitrogen functional groups attached to an aromatic ring is 1. The zero-order valence-electron chi connectivity index (χ0n) is 10.5. The minimum atomic E-state index is -0.207. The summed E-state index contributed by atoms with van der Waals surface area (Å²) in [5.41, 5.74) is 6.49. The van der Waals surface area contributed by atoms with Gasteiger partial charge in [-0.05, 0) is 40.1 Å². The van der Waals surface area contributed by atoms with E-state index in [-0.39, 0.29) is 11.9 Å². The molecule has 1 rings (SSSR count). The molecule has 0 fully saturated rings. The molecule has 0 unspecified atom stereocenters. The van der Waals surface area contributed by atoms with E-state index in [4.69, 9.17) is 5.73 Å². The van der Waals surface area contributed by atoms with Crippen molar-refractivity contribution in [3.05, 3.63) is 17.5 Å². The second-order valence-corrected chi connectivity index (χ2v) is 4.17. The van der Waals surface area contributed by atoms with Crippen molar-refractivity contribution in [3.8, 4) is 0 Å². The molecular weight excluding hydrogens is 218 g/mol. The van der Waals surface area contributed by atoms with E-state index < -0.39 is 0 Å². The first-order valence-corrected chi connectivity index (χ1v) is 5.53. The van der Waals surface area contributed by atoms with Gasteiger partial charge >= 0.3 is 0 Å². The number of aromatic nitrogens is 2. The number of nitrogens with one attached hydrogen (secondary N) is 1. The number of aryl methyl sites for hydroxylation is 1. The first-order chi connectivity index (χ1) is 7.99. The first-order valence-electron chi connectivity index (χ1n) is 5.53. The van der Waals surface area contributed by atoms with Crippen LogP contribution >= 0.6 is 0 Å². The maximum atomic E-state index is 11.7. The van der Waals surface area contributed by atoms with Crippen molar-refractivity contribution in [2.75, 3.05) is 32.9 Å². The third kappa shape index (κ3) is 4.78. The summed E-state index contributed by atoms with van der Waals surface area (Å²) in [5, 5.41) is 2.80. The van der Waals surface area contributed by atoms with Crippen molar-refractivity contribution in [2.45, 2.75) is 13.3 Å². The maximum Gasteiger partial charge on any atom is 0.270 e. The van der Waals surface area contributed by atoms with Crippen molar-refractivity contribution in [2.24, 2.45) is 0 Å². The summed E-state index contributed by atoms with van der Waals surface area (Å²) < 4.78 is 0. The molecule has 0 atom stereocenters. The molecule has 17 heavy (non-hydrogen) atoms. The van der Waals surface area contributed by atoms with Gasteiger partial charge in [-0.2, -0.15) is 0 Å². The second-order valence-electron chi connectivity index (χ2n) is 4.17. The number of carbonyl (C=O) groups is 1. The molecule has 0 saturated carbocycles. The fourth-order valence-corrected chi connectivity index (χ4v) is 1.40. The van der Waals surface area contributed by atoms with Gasteiger partial charge in [-0.15, -0.1) is 0 Å². The molecule has 0 bridgehead atoms. The SMILES string of the molecule is Cc1cc(C(=O)NCCCN(C)C)nc(N)n1. The summed E-state index contributed by atoms with van der Waals surface area (Å²) in [6.07, 6.45) is 0.901. The van der Waals surface area contributed by atoms with Crippen LogP contribution in [0.3, 0.4) is 0 Å². The Hall–Kier alpha value is -1.69. The Morgan fingerprint density at radius 1 is 1.47 bits per heavy atom. The Morgan fingerprint density at radius 3 is 2.76 bits per heavy atom. The number of nitrogens with zero attached hydrogens (tertiary/aromatic N) is 3. The molecule has 0 spiro atoms. The Bertz CT molecular complexity index is 371. The molecule has 0 aromatic carbocycles. The van der Waals surface area contributed by atoms with Gasteiger partial charge in [0.25, 0.3) is 5.91 Å². The smallest absolute Gasteiger partial charge is 0.270 e. The van der Waals surface area contributed by atoms with Crippen LogP contribution in [0.15, 0.2) is 6.07 Å². The average Bonchev–Trinajstić information content (AvgIpc) is 2.22. The largest absolute Gasteiger partial charge is 0.368 e. The first kappa shape index (κ1) is 13.4. The molecule has 0 saturated heterocycles. The third-order valence-electron chi connectivity index (χ3n) is 2.17. The standard InChI is InChI=1S/C11H19N5O/c1-8-7-9(15-11(12)14-8)10(17)13-5-4-6-16(2)3/h7H,4-6H2,1-3H3,(H,13,17)(H2,12,14,15). The van der Waals surface area contributed by atoms with Crippen LogP contribution in [-0.2, 0) is 0 Å². The van der Waals surface area contributed by atoms with E-state index in [1.165, 1.54) is 0 Å². The molecular formula is C11H19N5O. The van der Waals surface area contributed by atoms with Gasteiger partial charge in [0.05, 0.1) is 0 Å². The number of rotatable bonds is 5. The lowest BCUT2D eigenvalue weighted by molar-refractivity contribution is 0.0947. The Labute approximate surface area is 101 Å². The van der Waals surface area contributed by atoms with Gasteiger partial charge in [-0.25, -0.2) is 9.97 Å². The number of carbonyl (C=O) groups excluding carboxylic acids is 1. The topological polar surface area (TPSA) is 84.1 Å². The molecule has 0 aliphatic heterocycles. The molecule has 6 nitrogen and oxygen atoms in total. The van der Waals surface area contributed by atoms with Gasteiger partial charge in [0, 0.05) is 12.2 Å². The number of hydrogen-bond acceptors (Lipinski definition) is 5. The highest BCUT2D eigenvalue weighted by atomic mass is 16.1. The van der Waals surface area contributed by atoms with Gasteiger partial charge < -0.3 is 16.0 Å². The quantitative estimate of drug-likeness (QED) is 0.707. The van der Waals surface area contributed by atoms with Crippen molar-refractivity contribution in [3.63, 3.8) is 0 Å². The Kier molecular flexibility index (Phi) is 4.84. The van der Waals surface area contributed by atoms with Gasteiger partial charge in [-0.1, -0.05) is 0 Å². The highest BCUT2D eigenvalue weighted by Crippen LogP contribution is 2.01. The molecule has 1 amide bonds. The van der Waals surface area contributed by atoms with Crippen LogP contribution in [0.4, 0.5) is 5.95 Å².